The van der Waals surface area contributed by atoms with E-state index in [4.69, 9.17) is 5.26 Å². The van der Waals surface area contributed by atoms with Gasteiger partial charge in [0.25, 0.3) is 5.69 Å². The topological polar surface area (TPSA) is 79.0 Å². The van der Waals surface area contributed by atoms with Gasteiger partial charge in [-0.25, -0.2) is 0 Å². The average Bonchev–Trinajstić information content (AvgIpc) is 2.46. The number of hydrogen-bond donors (Lipinski definition) is 1. The molecule has 0 saturated carbocycles. The van der Waals surface area contributed by atoms with E-state index in [9.17, 15) is 10.1 Å². The summed E-state index contributed by atoms with van der Waals surface area (Å²) >= 11 is 3.82. The summed E-state index contributed by atoms with van der Waals surface area (Å²) in [6.07, 6.45) is 0. The molecule has 0 amide bonds. The average molecular weight is 295 g/mol. The van der Waals surface area contributed by atoms with Crippen molar-refractivity contribution in [3.8, 4) is 6.07 Å². The molecule has 1 aliphatic heterocycles. The molecule has 0 aromatic heterocycles. The summed E-state index contributed by atoms with van der Waals surface area (Å²) in [5.41, 5.74) is 0.757. The molecule has 1 unspecified atom stereocenters. The molecule has 1 fully saturated rings. The predicted molar refractivity (Wildman–Crippen MR) is 79.9 cm³/mol. The Morgan fingerprint density at radius 1 is 1.53 bits per heavy atom. The van der Waals surface area contributed by atoms with Crippen LogP contribution < -0.4 is 5.32 Å². The second-order valence-electron chi connectivity index (χ2n) is 4.05. The van der Waals surface area contributed by atoms with Gasteiger partial charge in [-0.3, -0.25) is 10.1 Å². The van der Waals surface area contributed by atoms with Crippen molar-refractivity contribution in [2.24, 2.45) is 0 Å². The fraction of sp³-hybridized carbons (Fsp3) is 0.417. The SMILES string of the molecule is N#Cc1ccc(NCC2CSCCS2)c([N+](=O)[O-])c1. The minimum absolute atomic E-state index is 0.0347. The van der Waals surface area contributed by atoms with Gasteiger partial charge < -0.3 is 5.32 Å². The van der Waals surface area contributed by atoms with Crippen LogP contribution in [0.4, 0.5) is 11.4 Å². The molecule has 1 saturated heterocycles. The number of nitro benzene ring substituents is 1. The molecule has 2 rings (SSSR count). The highest BCUT2D eigenvalue weighted by atomic mass is 32.2. The highest BCUT2D eigenvalue weighted by Gasteiger charge is 2.18. The quantitative estimate of drug-likeness (QED) is 0.679. The Hall–Kier alpha value is -1.39. The lowest BCUT2D eigenvalue weighted by molar-refractivity contribution is -0.384. The lowest BCUT2D eigenvalue weighted by Gasteiger charge is -2.21. The number of nitrogens with one attached hydrogen (secondary N) is 1. The second kappa shape index (κ2) is 6.68. The van der Waals surface area contributed by atoms with Crippen LogP contribution in [0.3, 0.4) is 0 Å². The minimum atomic E-state index is -0.452. The number of nitro groups is 1. The standard InChI is InChI=1S/C12H13N3O2S2/c13-6-9-1-2-11(12(5-9)15(16)17)14-7-10-8-18-3-4-19-10/h1-2,5,10,14H,3-4,7-8H2. The van der Waals surface area contributed by atoms with E-state index in [1.807, 2.05) is 29.6 Å². The van der Waals surface area contributed by atoms with Gasteiger partial charge in [0.2, 0.25) is 0 Å². The van der Waals surface area contributed by atoms with Crippen molar-refractivity contribution < 1.29 is 4.92 Å². The largest absolute Gasteiger partial charge is 0.378 e. The zero-order valence-electron chi connectivity index (χ0n) is 10.2. The monoisotopic (exact) mass is 295 g/mol. The van der Waals surface area contributed by atoms with Crippen molar-refractivity contribution in [3.05, 3.63) is 33.9 Å². The number of rotatable bonds is 4. The Morgan fingerprint density at radius 2 is 2.37 bits per heavy atom. The summed E-state index contributed by atoms with van der Waals surface area (Å²) in [4.78, 5) is 10.5. The number of benzene rings is 1. The molecule has 0 aliphatic carbocycles. The highest BCUT2D eigenvalue weighted by Crippen LogP contribution is 2.28. The Labute approximate surface area is 119 Å². The molecule has 0 radical (unpaired) electrons. The van der Waals surface area contributed by atoms with Crippen molar-refractivity contribution in [3.63, 3.8) is 0 Å². The molecule has 5 nitrogen and oxygen atoms in total. The number of nitriles is 1. The van der Waals surface area contributed by atoms with Crippen LogP contribution in [0.2, 0.25) is 0 Å². The van der Waals surface area contributed by atoms with Crippen molar-refractivity contribution in [1.29, 1.82) is 5.26 Å². The van der Waals surface area contributed by atoms with Crippen molar-refractivity contribution >= 4 is 34.9 Å². The number of hydrogen-bond acceptors (Lipinski definition) is 6. The van der Waals surface area contributed by atoms with Gasteiger partial charge in [0, 0.05) is 35.1 Å². The summed E-state index contributed by atoms with van der Waals surface area (Å²) in [5, 5.41) is 23.4. The molecular weight excluding hydrogens is 282 g/mol. The molecule has 1 aromatic carbocycles. The molecule has 1 atom stereocenters. The first-order chi connectivity index (χ1) is 9.20. The van der Waals surface area contributed by atoms with E-state index < -0.39 is 4.92 Å². The first-order valence-electron chi connectivity index (χ1n) is 5.82. The fourth-order valence-corrected chi connectivity index (χ4v) is 4.39. The first-order valence-corrected chi connectivity index (χ1v) is 8.03. The van der Waals surface area contributed by atoms with Gasteiger partial charge >= 0.3 is 0 Å². The maximum absolute atomic E-state index is 11.0. The van der Waals surface area contributed by atoms with Gasteiger partial charge in [-0.15, -0.1) is 0 Å². The van der Waals surface area contributed by atoms with Gasteiger partial charge in [-0.1, -0.05) is 0 Å². The van der Waals surface area contributed by atoms with Crippen LogP contribution in [0.1, 0.15) is 5.56 Å². The van der Waals surface area contributed by atoms with E-state index >= 15 is 0 Å². The van der Waals surface area contributed by atoms with Crippen LogP contribution in [0.15, 0.2) is 18.2 Å². The Morgan fingerprint density at radius 3 is 3.00 bits per heavy atom. The van der Waals surface area contributed by atoms with Crippen LogP contribution in [0.5, 0.6) is 0 Å². The third kappa shape index (κ3) is 3.78. The van der Waals surface area contributed by atoms with E-state index in [-0.39, 0.29) is 5.69 Å². The Balaban J connectivity index is 2.06. The number of thioether (sulfide) groups is 2. The summed E-state index contributed by atoms with van der Waals surface area (Å²) in [5.74, 6) is 3.38. The Bertz CT molecular complexity index is 510. The normalized spacial score (nSPS) is 18.6. The zero-order valence-corrected chi connectivity index (χ0v) is 11.8. The molecule has 0 spiro atoms. The molecule has 1 aromatic rings. The molecule has 7 heteroatoms. The van der Waals surface area contributed by atoms with E-state index in [1.54, 1.807) is 12.1 Å². The van der Waals surface area contributed by atoms with Gasteiger partial charge in [-0.05, 0) is 12.1 Å². The number of anilines is 1. The van der Waals surface area contributed by atoms with Gasteiger partial charge in [0.15, 0.2) is 0 Å². The lowest BCUT2D eigenvalue weighted by Crippen LogP contribution is -2.23. The lowest BCUT2D eigenvalue weighted by atomic mass is 10.2. The van der Waals surface area contributed by atoms with Gasteiger partial charge in [-0.2, -0.15) is 28.8 Å². The highest BCUT2D eigenvalue weighted by molar-refractivity contribution is 8.06. The van der Waals surface area contributed by atoms with E-state index in [0.717, 1.165) is 11.5 Å². The maximum Gasteiger partial charge on any atom is 0.293 e. The van der Waals surface area contributed by atoms with Gasteiger partial charge in [0.1, 0.15) is 5.69 Å². The molecule has 19 heavy (non-hydrogen) atoms. The zero-order chi connectivity index (χ0) is 13.7. The van der Waals surface area contributed by atoms with E-state index in [0.29, 0.717) is 23.0 Å². The third-order valence-corrected chi connectivity index (χ3v) is 5.57. The maximum atomic E-state index is 11.0. The van der Waals surface area contributed by atoms with Gasteiger partial charge in [0.05, 0.1) is 16.6 Å². The molecular formula is C12H13N3O2S2. The summed E-state index contributed by atoms with van der Waals surface area (Å²) in [6.45, 7) is 0.713. The summed E-state index contributed by atoms with van der Waals surface area (Å²) in [7, 11) is 0. The second-order valence-corrected chi connectivity index (χ2v) is 6.61. The van der Waals surface area contributed by atoms with Crippen molar-refractivity contribution in [2.45, 2.75) is 5.25 Å². The molecule has 1 aliphatic rings. The molecule has 100 valence electrons. The Kier molecular flexibility index (Phi) is 4.93. The first kappa shape index (κ1) is 14.0. The van der Waals surface area contributed by atoms with E-state index in [2.05, 4.69) is 5.32 Å². The van der Waals surface area contributed by atoms with Crippen LogP contribution >= 0.6 is 23.5 Å². The minimum Gasteiger partial charge on any atom is -0.378 e. The smallest absolute Gasteiger partial charge is 0.293 e. The predicted octanol–water partition coefficient (Wildman–Crippen LogP) is 2.73. The van der Waals surface area contributed by atoms with Crippen molar-refractivity contribution in [2.75, 3.05) is 29.1 Å². The molecule has 0 bridgehead atoms. The third-order valence-electron chi connectivity index (χ3n) is 2.73. The summed E-state index contributed by atoms with van der Waals surface area (Å²) in [6, 6.07) is 6.43. The van der Waals surface area contributed by atoms with Crippen LogP contribution in [-0.2, 0) is 0 Å². The summed E-state index contributed by atoms with van der Waals surface area (Å²) < 4.78 is 0. The van der Waals surface area contributed by atoms with Crippen LogP contribution in [-0.4, -0.2) is 34.0 Å². The fourth-order valence-electron chi connectivity index (χ4n) is 1.78. The van der Waals surface area contributed by atoms with E-state index in [1.165, 1.54) is 11.8 Å². The van der Waals surface area contributed by atoms with Crippen LogP contribution in [0, 0.1) is 21.4 Å². The molecule has 1 heterocycles. The van der Waals surface area contributed by atoms with Crippen LogP contribution in [0.25, 0.3) is 0 Å². The molecule has 1 N–H and O–H groups in total. The number of nitrogens with zero attached hydrogens (tertiary/aromatic N) is 2. The van der Waals surface area contributed by atoms with Crippen molar-refractivity contribution in [1.82, 2.24) is 0 Å².